The first-order valence-electron chi connectivity index (χ1n) is 6.52. The van der Waals surface area contributed by atoms with E-state index in [1.165, 1.54) is 9.71 Å². The van der Waals surface area contributed by atoms with Crippen LogP contribution < -0.4 is 10.6 Å². The normalized spacial score (nSPS) is 10.9. The number of hydrogen-bond donors (Lipinski definition) is 2. The van der Waals surface area contributed by atoms with E-state index < -0.39 is 0 Å². The second-order valence-corrected chi connectivity index (χ2v) is 6.40. The van der Waals surface area contributed by atoms with Crippen LogP contribution in [0.15, 0.2) is 18.2 Å². The van der Waals surface area contributed by atoms with E-state index in [4.69, 9.17) is 12.2 Å². The summed E-state index contributed by atoms with van der Waals surface area (Å²) in [6, 6.07) is 6.17. The molecule has 0 saturated carbocycles. The molecular weight excluding hydrogens is 274 g/mol. The summed E-state index contributed by atoms with van der Waals surface area (Å²) in [5, 5.41) is 8.27. The van der Waals surface area contributed by atoms with Gasteiger partial charge in [-0.3, -0.25) is 0 Å². The molecule has 0 spiro atoms. The van der Waals surface area contributed by atoms with Crippen LogP contribution in [-0.2, 0) is 6.42 Å². The van der Waals surface area contributed by atoms with Crippen molar-refractivity contribution in [3.8, 4) is 0 Å². The molecule has 0 aliphatic carbocycles. The predicted octanol–water partition coefficient (Wildman–Crippen LogP) is 3.80. The van der Waals surface area contributed by atoms with Crippen molar-refractivity contribution in [1.29, 1.82) is 0 Å². The molecule has 0 aliphatic heterocycles. The van der Waals surface area contributed by atoms with Gasteiger partial charge in [-0.1, -0.05) is 20.8 Å². The molecule has 2 rings (SSSR count). The van der Waals surface area contributed by atoms with E-state index in [0.717, 1.165) is 24.2 Å². The van der Waals surface area contributed by atoms with Gasteiger partial charge in [-0.15, -0.1) is 11.3 Å². The molecule has 102 valence electrons. The van der Waals surface area contributed by atoms with E-state index >= 15 is 0 Å². The number of benzene rings is 1. The third-order valence-corrected chi connectivity index (χ3v) is 4.07. The Labute approximate surface area is 123 Å². The molecule has 5 heteroatoms. The van der Waals surface area contributed by atoms with Crippen LogP contribution in [0.3, 0.4) is 0 Å². The third kappa shape index (κ3) is 3.88. The molecule has 1 aromatic carbocycles. The molecule has 3 nitrogen and oxygen atoms in total. The zero-order chi connectivity index (χ0) is 13.8. The number of fused-ring (bicyclic) bond motifs is 1. The van der Waals surface area contributed by atoms with E-state index in [0.29, 0.717) is 11.0 Å². The minimum absolute atomic E-state index is 0.579. The first kappa shape index (κ1) is 14.2. The molecule has 19 heavy (non-hydrogen) atoms. The molecule has 0 saturated heterocycles. The van der Waals surface area contributed by atoms with Gasteiger partial charge >= 0.3 is 0 Å². The summed E-state index contributed by atoms with van der Waals surface area (Å²) in [5.74, 6) is 0.579. The molecule has 0 amide bonds. The summed E-state index contributed by atoms with van der Waals surface area (Å²) in [6.45, 7) is 7.33. The SMILES string of the molecule is CCc1nc2ccc(NC(=S)NCC(C)C)cc2s1. The first-order chi connectivity index (χ1) is 9.08. The zero-order valence-corrected chi connectivity index (χ0v) is 13.1. The summed E-state index contributed by atoms with van der Waals surface area (Å²) in [5.41, 5.74) is 2.08. The van der Waals surface area contributed by atoms with Crippen molar-refractivity contribution in [1.82, 2.24) is 10.3 Å². The highest BCUT2D eigenvalue weighted by molar-refractivity contribution is 7.80. The van der Waals surface area contributed by atoms with Gasteiger partial charge in [0.2, 0.25) is 0 Å². The Hall–Kier alpha value is -1.20. The molecule has 0 bridgehead atoms. The largest absolute Gasteiger partial charge is 0.362 e. The number of hydrogen-bond acceptors (Lipinski definition) is 3. The van der Waals surface area contributed by atoms with Crippen molar-refractivity contribution in [2.45, 2.75) is 27.2 Å². The molecule has 0 aliphatic rings. The van der Waals surface area contributed by atoms with Crippen LogP contribution in [0.25, 0.3) is 10.2 Å². The van der Waals surface area contributed by atoms with Gasteiger partial charge in [-0.05, 0) is 42.8 Å². The standard InChI is InChI=1S/C14H19N3S2/c1-4-13-17-11-6-5-10(7-12(11)19-13)16-14(18)15-8-9(2)3/h5-7,9H,4,8H2,1-3H3,(H2,15,16,18). The Bertz CT molecular complexity index is 575. The Morgan fingerprint density at radius 3 is 2.89 bits per heavy atom. The lowest BCUT2D eigenvalue weighted by Crippen LogP contribution is -2.31. The van der Waals surface area contributed by atoms with Gasteiger partial charge in [0.1, 0.15) is 0 Å². The van der Waals surface area contributed by atoms with E-state index in [1.54, 1.807) is 11.3 Å². The molecule has 0 fully saturated rings. The fourth-order valence-electron chi connectivity index (χ4n) is 1.67. The summed E-state index contributed by atoms with van der Waals surface area (Å²) in [7, 11) is 0. The van der Waals surface area contributed by atoms with Crippen molar-refractivity contribution in [2.75, 3.05) is 11.9 Å². The van der Waals surface area contributed by atoms with Crippen molar-refractivity contribution in [2.24, 2.45) is 5.92 Å². The quantitative estimate of drug-likeness (QED) is 0.841. The number of thiocarbonyl (C=S) groups is 1. The summed E-state index contributed by atoms with van der Waals surface area (Å²) in [6.07, 6.45) is 0.983. The van der Waals surface area contributed by atoms with Gasteiger partial charge < -0.3 is 10.6 Å². The van der Waals surface area contributed by atoms with E-state index in [2.05, 4.69) is 42.5 Å². The Balaban J connectivity index is 2.06. The Kier molecular flexibility index (Phi) is 4.71. The molecule has 0 radical (unpaired) electrons. The van der Waals surface area contributed by atoms with Crippen LogP contribution >= 0.6 is 23.6 Å². The molecule has 1 aromatic heterocycles. The lowest BCUT2D eigenvalue weighted by molar-refractivity contribution is 0.627. The Morgan fingerprint density at radius 2 is 2.21 bits per heavy atom. The van der Waals surface area contributed by atoms with Crippen LogP contribution in [-0.4, -0.2) is 16.6 Å². The minimum atomic E-state index is 0.579. The fourth-order valence-corrected chi connectivity index (χ4v) is 2.82. The predicted molar refractivity (Wildman–Crippen MR) is 88.1 cm³/mol. The van der Waals surface area contributed by atoms with Crippen LogP contribution in [0.4, 0.5) is 5.69 Å². The highest BCUT2D eigenvalue weighted by atomic mass is 32.1. The highest BCUT2D eigenvalue weighted by Gasteiger charge is 2.04. The van der Waals surface area contributed by atoms with Gasteiger partial charge in [-0.2, -0.15) is 0 Å². The highest BCUT2D eigenvalue weighted by Crippen LogP contribution is 2.25. The summed E-state index contributed by atoms with van der Waals surface area (Å²) >= 11 is 7.01. The van der Waals surface area contributed by atoms with Gasteiger partial charge in [0.15, 0.2) is 5.11 Å². The molecular formula is C14H19N3S2. The Morgan fingerprint density at radius 1 is 1.42 bits per heavy atom. The van der Waals surface area contributed by atoms with Gasteiger partial charge in [0.05, 0.1) is 15.2 Å². The molecule has 0 unspecified atom stereocenters. The van der Waals surface area contributed by atoms with Gasteiger partial charge in [0.25, 0.3) is 0 Å². The average molecular weight is 293 g/mol. The van der Waals surface area contributed by atoms with Crippen LogP contribution in [0.5, 0.6) is 0 Å². The van der Waals surface area contributed by atoms with Crippen LogP contribution in [0, 0.1) is 5.92 Å². The lowest BCUT2D eigenvalue weighted by Gasteiger charge is -2.12. The van der Waals surface area contributed by atoms with Crippen molar-refractivity contribution >= 4 is 44.6 Å². The average Bonchev–Trinajstić information content (AvgIpc) is 2.78. The van der Waals surface area contributed by atoms with Crippen LogP contribution in [0.2, 0.25) is 0 Å². The number of anilines is 1. The van der Waals surface area contributed by atoms with E-state index in [-0.39, 0.29) is 0 Å². The minimum Gasteiger partial charge on any atom is -0.362 e. The third-order valence-electron chi connectivity index (χ3n) is 2.66. The summed E-state index contributed by atoms with van der Waals surface area (Å²) in [4.78, 5) is 4.55. The lowest BCUT2D eigenvalue weighted by atomic mass is 10.2. The van der Waals surface area contributed by atoms with Crippen molar-refractivity contribution in [3.05, 3.63) is 23.2 Å². The number of aryl methyl sites for hydroxylation is 1. The maximum atomic E-state index is 5.27. The maximum Gasteiger partial charge on any atom is 0.170 e. The maximum absolute atomic E-state index is 5.27. The second kappa shape index (κ2) is 6.30. The second-order valence-electron chi connectivity index (χ2n) is 4.87. The van der Waals surface area contributed by atoms with Crippen molar-refractivity contribution < 1.29 is 0 Å². The van der Waals surface area contributed by atoms with Crippen molar-refractivity contribution in [3.63, 3.8) is 0 Å². The van der Waals surface area contributed by atoms with E-state index in [9.17, 15) is 0 Å². The molecule has 2 N–H and O–H groups in total. The topological polar surface area (TPSA) is 37.0 Å². The fraction of sp³-hybridized carbons (Fsp3) is 0.429. The number of nitrogens with zero attached hydrogens (tertiary/aromatic N) is 1. The van der Waals surface area contributed by atoms with Crippen LogP contribution in [0.1, 0.15) is 25.8 Å². The monoisotopic (exact) mass is 293 g/mol. The number of rotatable bonds is 4. The number of thiazole rings is 1. The summed E-state index contributed by atoms with van der Waals surface area (Å²) < 4.78 is 1.20. The smallest absolute Gasteiger partial charge is 0.170 e. The first-order valence-corrected chi connectivity index (χ1v) is 7.75. The van der Waals surface area contributed by atoms with Gasteiger partial charge in [-0.25, -0.2) is 4.98 Å². The van der Waals surface area contributed by atoms with E-state index in [1.807, 2.05) is 12.1 Å². The number of aromatic nitrogens is 1. The molecule has 1 heterocycles. The van der Waals surface area contributed by atoms with Gasteiger partial charge in [0, 0.05) is 12.2 Å². The zero-order valence-electron chi connectivity index (χ0n) is 11.5. The number of nitrogens with one attached hydrogen (secondary N) is 2. The molecule has 0 atom stereocenters. The molecule has 2 aromatic rings.